The van der Waals surface area contributed by atoms with E-state index in [1.54, 1.807) is 41.8 Å². The second-order valence-corrected chi connectivity index (χ2v) is 7.45. The van der Waals surface area contributed by atoms with Crippen LogP contribution in [0, 0.1) is 11.3 Å². The van der Waals surface area contributed by atoms with E-state index < -0.39 is 0 Å². The van der Waals surface area contributed by atoms with Crippen molar-refractivity contribution >= 4 is 39.6 Å². The Morgan fingerprint density at radius 3 is 2.68 bits per heavy atom. The summed E-state index contributed by atoms with van der Waals surface area (Å²) in [6, 6.07) is 10.7. The summed E-state index contributed by atoms with van der Waals surface area (Å²) in [4.78, 5) is 20.7. The summed E-state index contributed by atoms with van der Waals surface area (Å²) in [7, 11) is 3.53. The SMILES string of the molecule is CC(Nc1cc(=O)n(C)c2ccc(Nc3ccnc(Cl)c3C#N)cc12)c1ncn(C)n1. The number of hydrogen-bond donors (Lipinski definition) is 2. The fraction of sp³-hybridized carbons (Fsp3) is 0.190. The third-order valence-electron chi connectivity index (χ3n) is 4.92. The van der Waals surface area contributed by atoms with Gasteiger partial charge in [-0.25, -0.2) is 9.97 Å². The minimum Gasteiger partial charge on any atom is -0.375 e. The molecule has 0 amide bonds. The number of nitrogens with zero attached hydrogens (tertiary/aromatic N) is 6. The maximum atomic E-state index is 12.5. The van der Waals surface area contributed by atoms with E-state index in [0.29, 0.717) is 17.2 Å². The van der Waals surface area contributed by atoms with Gasteiger partial charge in [0, 0.05) is 43.1 Å². The van der Waals surface area contributed by atoms with E-state index in [4.69, 9.17) is 11.6 Å². The van der Waals surface area contributed by atoms with Gasteiger partial charge in [0.1, 0.15) is 23.1 Å². The van der Waals surface area contributed by atoms with Gasteiger partial charge >= 0.3 is 0 Å². The molecule has 0 radical (unpaired) electrons. The minimum absolute atomic E-state index is 0.134. The van der Waals surface area contributed by atoms with Gasteiger partial charge in [-0.2, -0.15) is 10.4 Å². The number of aryl methyl sites for hydroxylation is 2. The molecule has 3 heterocycles. The first kappa shape index (κ1) is 20.4. The summed E-state index contributed by atoms with van der Waals surface area (Å²) in [5.74, 6) is 0.621. The Hall–Kier alpha value is -3.90. The van der Waals surface area contributed by atoms with Crippen LogP contribution >= 0.6 is 11.6 Å². The Morgan fingerprint density at radius 2 is 1.97 bits per heavy atom. The van der Waals surface area contributed by atoms with E-state index in [0.717, 1.165) is 16.6 Å². The maximum Gasteiger partial charge on any atom is 0.252 e. The third kappa shape index (κ3) is 3.93. The lowest BCUT2D eigenvalue weighted by atomic mass is 10.1. The molecule has 0 aliphatic rings. The van der Waals surface area contributed by atoms with E-state index in [1.165, 1.54) is 6.20 Å². The van der Waals surface area contributed by atoms with Crippen molar-refractivity contribution in [1.29, 1.82) is 5.26 Å². The molecule has 4 aromatic rings. The number of rotatable bonds is 5. The van der Waals surface area contributed by atoms with Crippen molar-refractivity contribution in [3.8, 4) is 6.07 Å². The number of pyridine rings is 2. The molecule has 0 aliphatic heterocycles. The first-order valence-corrected chi connectivity index (χ1v) is 9.82. The Kier molecular flexibility index (Phi) is 5.31. The predicted octanol–water partition coefficient (Wildman–Crippen LogP) is 3.50. The zero-order chi connectivity index (χ0) is 22.1. The quantitative estimate of drug-likeness (QED) is 0.462. The molecule has 2 N–H and O–H groups in total. The van der Waals surface area contributed by atoms with Crippen molar-refractivity contribution < 1.29 is 0 Å². The van der Waals surface area contributed by atoms with E-state index >= 15 is 0 Å². The second kappa shape index (κ2) is 8.08. The summed E-state index contributed by atoms with van der Waals surface area (Å²) >= 11 is 6.04. The van der Waals surface area contributed by atoms with Crippen LogP contribution in [0.2, 0.25) is 5.15 Å². The zero-order valence-corrected chi connectivity index (χ0v) is 17.8. The summed E-state index contributed by atoms with van der Waals surface area (Å²) in [5, 5.41) is 21.2. The molecule has 0 spiro atoms. The summed E-state index contributed by atoms with van der Waals surface area (Å²) in [6.07, 6.45) is 3.16. The topological polar surface area (TPSA) is 113 Å². The van der Waals surface area contributed by atoms with Crippen LogP contribution in [-0.2, 0) is 14.1 Å². The molecule has 0 saturated carbocycles. The number of nitriles is 1. The Morgan fingerprint density at radius 1 is 1.16 bits per heavy atom. The summed E-state index contributed by atoms with van der Waals surface area (Å²) in [5.41, 5.74) is 2.83. The first-order chi connectivity index (χ1) is 14.9. The largest absolute Gasteiger partial charge is 0.375 e. The average molecular weight is 435 g/mol. The average Bonchev–Trinajstić information content (AvgIpc) is 3.18. The first-order valence-electron chi connectivity index (χ1n) is 9.45. The molecule has 0 bridgehead atoms. The van der Waals surface area contributed by atoms with Gasteiger partial charge in [-0.1, -0.05) is 11.6 Å². The number of aromatic nitrogens is 5. The monoisotopic (exact) mass is 434 g/mol. The summed E-state index contributed by atoms with van der Waals surface area (Å²) in [6.45, 7) is 1.93. The number of fused-ring (bicyclic) bond motifs is 1. The zero-order valence-electron chi connectivity index (χ0n) is 17.1. The van der Waals surface area contributed by atoms with Crippen molar-refractivity contribution in [1.82, 2.24) is 24.3 Å². The van der Waals surface area contributed by atoms with Gasteiger partial charge in [0.25, 0.3) is 5.56 Å². The molecule has 0 aliphatic carbocycles. The molecule has 0 fully saturated rings. The number of anilines is 3. The number of hydrogen-bond acceptors (Lipinski definition) is 7. The van der Waals surface area contributed by atoms with E-state index in [-0.39, 0.29) is 22.3 Å². The van der Waals surface area contributed by atoms with Gasteiger partial charge in [0.05, 0.1) is 17.2 Å². The highest BCUT2D eigenvalue weighted by atomic mass is 35.5. The van der Waals surface area contributed by atoms with Gasteiger partial charge in [0.2, 0.25) is 0 Å². The van der Waals surface area contributed by atoms with Crippen LogP contribution in [-0.4, -0.2) is 24.3 Å². The van der Waals surface area contributed by atoms with Crippen molar-refractivity contribution in [3.05, 3.63) is 69.8 Å². The lowest BCUT2D eigenvalue weighted by Gasteiger charge is -2.17. The molecule has 156 valence electrons. The van der Waals surface area contributed by atoms with Crippen molar-refractivity contribution in [2.75, 3.05) is 10.6 Å². The molecule has 9 nitrogen and oxygen atoms in total. The van der Waals surface area contributed by atoms with E-state index in [1.807, 2.05) is 25.1 Å². The smallest absolute Gasteiger partial charge is 0.252 e. The fourth-order valence-electron chi connectivity index (χ4n) is 3.31. The molecule has 3 aromatic heterocycles. The molecule has 1 aromatic carbocycles. The molecular formula is C21H19ClN8O. The number of nitrogens with one attached hydrogen (secondary N) is 2. The lowest BCUT2D eigenvalue weighted by molar-refractivity contribution is 0.715. The van der Waals surface area contributed by atoms with Crippen LogP contribution in [0.4, 0.5) is 17.1 Å². The van der Waals surface area contributed by atoms with Crippen molar-refractivity contribution in [2.45, 2.75) is 13.0 Å². The normalized spacial score (nSPS) is 11.8. The van der Waals surface area contributed by atoms with Crippen LogP contribution in [0.5, 0.6) is 0 Å². The number of benzene rings is 1. The Labute approximate surface area is 182 Å². The highest BCUT2D eigenvalue weighted by molar-refractivity contribution is 6.31. The molecule has 1 atom stereocenters. The van der Waals surface area contributed by atoms with E-state index in [2.05, 4.69) is 31.8 Å². The standard InChI is InChI=1S/C21H19ClN8O/c1-12(21-25-11-29(2)28-21)26-17-9-19(31)30(3)18-5-4-13(8-14(17)18)27-16-6-7-24-20(22)15(16)10-23/h4-9,11-12,26H,1-3H3,(H,24,27). The second-order valence-electron chi connectivity index (χ2n) is 7.09. The molecule has 0 saturated heterocycles. The third-order valence-corrected chi connectivity index (χ3v) is 5.21. The highest BCUT2D eigenvalue weighted by Gasteiger charge is 2.15. The number of halogens is 1. The van der Waals surface area contributed by atoms with Gasteiger partial charge in [-0.15, -0.1) is 0 Å². The molecule has 10 heteroatoms. The van der Waals surface area contributed by atoms with E-state index in [9.17, 15) is 10.1 Å². The lowest BCUT2D eigenvalue weighted by Crippen LogP contribution is -2.19. The minimum atomic E-state index is -0.211. The maximum absolute atomic E-state index is 12.5. The highest BCUT2D eigenvalue weighted by Crippen LogP contribution is 2.30. The van der Waals surface area contributed by atoms with Gasteiger partial charge in [0.15, 0.2) is 5.82 Å². The predicted molar refractivity (Wildman–Crippen MR) is 119 cm³/mol. The van der Waals surface area contributed by atoms with Crippen LogP contribution in [0.25, 0.3) is 10.9 Å². The van der Waals surface area contributed by atoms with Crippen LogP contribution in [0.15, 0.2) is 47.7 Å². The van der Waals surface area contributed by atoms with Gasteiger partial charge < -0.3 is 15.2 Å². The van der Waals surface area contributed by atoms with Crippen LogP contribution in [0.1, 0.15) is 24.4 Å². The molecule has 1 unspecified atom stereocenters. The summed E-state index contributed by atoms with van der Waals surface area (Å²) < 4.78 is 3.21. The molecular weight excluding hydrogens is 416 g/mol. The molecule has 31 heavy (non-hydrogen) atoms. The Balaban J connectivity index is 1.77. The van der Waals surface area contributed by atoms with Crippen molar-refractivity contribution in [2.24, 2.45) is 14.1 Å². The Bertz CT molecular complexity index is 1380. The van der Waals surface area contributed by atoms with Crippen molar-refractivity contribution in [3.63, 3.8) is 0 Å². The van der Waals surface area contributed by atoms with Crippen LogP contribution < -0.4 is 16.2 Å². The molecule has 4 rings (SSSR count). The van der Waals surface area contributed by atoms with Gasteiger partial charge in [-0.05, 0) is 31.2 Å². The van der Waals surface area contributed by atoms with Crippen LogP contribution in [0.3, 0.4) is 0 Å². The fourth-order valence-corrected chi connectivity index (χ4v) is 3.51. The van der Waals surface area contributed by atoms with Gasteiger partial charge in [-0.3, -0.25) is 9.48 Å².